The lowest BCUT2D eigenvalue weighted by Crippen LogP contribution is -2.38. The van der Waals surface area contributed by atoms with Gasteiger partial charge in [0.15, 0.2) is 5.82 Å². The molecule has 1 aromatic carbocycles. The molecule has 1 aliphatic heterocycles. The van der Waals surface area contributed by atoms with Crippen molar-refractivity contribution in [1.29, 1.82) is 0 Å². The number of fused-ring (bicyclic) bond motifs is 1. The zero-order valence-corrected chi connectivity index (χ0v) is 17.9. The van der Waals surface area contributed by atoms with E-state index < -0.39 is 0 Å². The molecule has 2 aliphatic rings. The number of rotatable bonds is 6. The minimum atomic E-state index is -0.0215. The van der Waals surface area contributed by atoms with E-state index >= 15 is 0 Å². The van der Waals surface area contributed by atoms with Crippen LogP contribution in [0.25, 0.3) is 10.9 Å². The Kier molecular flexibility index (Phi) is 4.77. The van der Waals surface area contributed by atoms with Gasteiger partial charge in [-0.1, -0.05) is 11.6 Å². The van der Waals surface area contributed by atoms with E-state index in [9.17, 15) is 4.79 Å². The first kappa shape index (κ1) is 19.2. The molecular formula is C22H25ClN6O. The molecule has 2 aromatic heterocycles. The fourth-order valence-corrected chi connectivity index (χ4v) is 4.01. The molecule has 156 valence electrons. The Morgan fingerprint density at radius 1 is 1.23 bits per heavy atom. The molecular weight excluding hydrogens is 400 g/mol. The first-order valence-corrected chi connectivity index (χ1v) is 10.8. The van der Waals surface area contributed by atoms with Gasteiger partial charge < -0.3 is 20.1 Å². The fourth-order valence-electron chi connectivity index (χ4n) is 3.87. The highest BCUT2D eigenvalue weighted by Gasteiger charge is 2.28. The minimum Gasteiger partial charge on any atom is -0.382 e. The van der Waals surface area contributed by atoms with E-state index in [4.69, 9.17) is 11.6 Å². The van der Waals surface area contributed by atoms with Gasteiger partial charge in [0.05, 0.1) is 11.7 Å². The number of hydrogen-bond donors (Lipinski definition) is 2. The summed E-state index contributed by atoms with van der Waals surface area (Å²) in [6.45, 7) is 4.12. The number of aryl methyl sites for hydroxylation is 1. The van der Waals surface area contributed by atoms with Crippen LogP contribution in [-0.4, -0.2) is 33.7 Å². The van der Waals surface area contributed by atoms with Gasteiger partial charge >= 0.3 is 0 Å². The molecule has 0 radical (unpaired) electrons. The van der Waals surface area contributed by atoms with E-state index in [0.29, 0.717) is 28.7 Å². The van der Waals surface area contributed by atoms with Crippen molar-refractivity contribution >= 4 is 45.6 Å². The average Bonchev–Trinajstić information content (AvgIpc) is 3.52. The van der Waals surface area contributed by atoms with Crippen molar-refractivity contribution in [3.05, 3.63) is 45.8 Å². The third kappa shape index (κ3) is 3.58. The van der Waals surface area contributed by atoms with Crippen LogP contribution >= 0.6 is 11.6 Å². The molecule has 3 heterocycles. The van der Waals surface area contributed by atoms with Crippen molar-refractivity contribution in [2.75, 3.05) is 28.6 Å². The molecule has 30 heavy (non-hydrogen) atoms. The Balaban J connectivity index is 1.51. The highest BCUT2D eigenvalue weighted by molar-refractivity contribution is 6.32. The lowest BCUT2D eigenvalue weighted by atomic mass is 10.1. The van der Waals surface area contributed by atoms with Crippen LogP contribution in [0, 0.1) is 5.92 Å². The highest BCUT2D eigenvalue weighted by atomic mass is 35.5. The smallest absolute Gasteiger partial charge is 0.252 e. The van der Waals surface area contributed by atoms with Gasteiger partial charge in [-0.25, -0.2) is 4.98 Å². The van der Waals surface area contributed by atoms with Gasteiger partial charge in [-0.2, -0.15) is 4.98 Å². The second-order valence-electron chi connectivity index (χ2n) is 8.29. The summed E-state index contributed by atoms with van der Waals surface area (Å²) in [6.07, 6.45) is 5.29. The Labute approximate surface area is 180 Å². The molecule has 0 spiro atoms. The van der Waals surface area contributed by atoms with E-state index in [1.807, 2.05) is 18.2 Å². The minimum absolute atomic E-state index is 0.0215. The first-order chi connectivity index (χ1) is 14.5. The van der Waals surface area contributed by atoms with E-state index in [0.717, 1.165) is 41.8 Å². The molecule has 8 heteroatoms. The first-order valence-electron chi connectivity index (χ1n) is 10.4. The van der Waals surface area contributed by atoms with Crippen LogP contribution in [0.1, 0.15) is 26.2 Å². The van der Waals surface area contributed by atoms with Crippen LogP contribution in [-0.2, 0) is 7.05 Å². The molecule has 0 bridgehead atoms. The molecule has 2 N–H and O–H groups in total. The Morgan fingerprint density at radius 2 is 2.03 bits per heavy atom. The number of hydrogen-bond acceptors (Lipinski definition) is 6. The van der Waals surface area contributed by atoms with Crippen LogP contribution in [0.5, 0.6) is 0 Å². The van der Waals surface area contributed by atoms with Crippen molar-refractivity contribution < 1.29 is 0 Å². The second kappa shape index (κ2) is 7.47. The van der Waals surface area contributed by atoms with Gasteiger partial charge in [0, 0.05) is 49.0 Å². The summed E-state index contributed by atoms with van der Waals surface area (Å²) in [6, 6.07) is 7.96. The summed E-state index contributed by atoms with van der Waals surface area (Å²) in [7, 11) is 1.80. The predicted octanol–water partition coefficient (Wildman–Crippen LogP) is 4.15. The van der Waals surface area contributed by atoms with E-state index in [-0.39, 0.29) is 5.56 Å². The van der Waals surface area contributed by atoms with Crippen LogP contribution in [0.4, 0.5) is 23.1 Å². The maximum Gasteiger partial charge on any atom is 0.252 e. The van der Waals surface area contributed by atoms with E-state index in [2.05, 4.69) is 32.4 Å². The molecule has 1 atom stereocenters. The molecule has 1 aliphatic carbocycles. The molecule has 1 unspecified atom stereocenters. The van der Waals surface area contributed by atoms with Gasteiger partial charge in [0.1, 0.15) is 5.02 Å². The van der Waals surface area contributed by atoms with Gasteiger partial charge in [0.2, 0.25) is 5.95 Å². The third-order valence-electron chi connectivity index (χ3n) is 6.09. The number of anilines is 4. The number of pyridine rings is 1. The zero-order valence-electron chi connectivity index (χ0n) is 17.2. The fraction of sp³-hybridized carbons (Fsp3) is 0.409. The summed E-state index contributed by atoms with van der Waals surface area (Å²) >= 11 is 6.35. The van der Waals surface area contributed by atoms with Crippen molar-refractivity contribution in [2.24, 2.45) is 13.0 Å². The molecule has 3 aromatic rings. The second-order valence-corrected chi connectivity index (χ2v) is 8.70. The lowest BCUT2D eigenvalue weighted by molar-refractivity contribution is 0.601. The number of benzene rings is 1. The largest absolute Gasteiger partial charge is 0.382 e. The normalized spacial score (nSPS) is 17.0. The molecule has 7 nitrogen and oxygen atoms in total. The van der Waals surface area contributed by atoms with Crippen molar-refractivity contribution in [3.63, 3.8) is 0 Å². The number of nitrogens with zero attached hydrogens (tertiary/aromatic N) is 4. The maximum absolute atomic E-state index is 12.4. The third-order valence-corrected chi connectivity index (χ3v) is 6.37. The standard InChI is InChI=1S/C22H25ClN6O/c1-13(14-4-5-14)25-18-11-20(30)28(2)19-7-6-15(10-16(18)19)26-21-17(23)12-24-22(27-21)29-8-3-9-29/h6-7,10-14,25H,3-5,8-9H2,1-2H3,(H,24,26,27). The van der Waals surface area contributed by atoms with Crippen molar-refractivity contribution in [2.45, 2.75) is 32.2 Å². The Hall–Kier alpha value is -2.80. The molecule has 1 saturated heterocycles. The average molecular weight is 425 g/mol. The van der Waals surface area contributed by atoms with Gasteiger partial charge in [-0.3, -0.25) is 4.79 Å². The maximum atomic E-state index is 12.4. The van der Waals surface area contributed by atoms with Crippen LogP contribution in [0.15, 0.2) is 35.3 Å². The van der Waals surface area contributed by atoms with Gasteiger partial charge in [-0.15, -0.1) is 0 Å². The monoisotopic (exact) mass is 424 g/mol. The SMILES string of the molecule is CC(Nc1cc(=O)n(C)c2ccc(Nc3nc(N4CCC4)ncc3Cl)cc12)C1CC1. The molecule has 2 fully saturated rings. The molecule has 5 rings (SSSR count). The molecule has 1 saturated carbocycles. The number of aromatic nitrogens is 3. The highest BCUT2D eigenvalue weighted by Crippen LogP contribution is 2.35. The zero-order chi connectivity index (χ0) is 20.8. The van der Waals surface area contributed by atoms with Crippen LogP contribution in [0.2, 0.25) is 5.02 Å². The summed E-state index contributed by atoms with van der Waals surface area (Å²) in [5.74, 6) is 1.96. The van der Waals surface area contributed by atoms with Crippen LogP contribution < -0.4 is 21.1 Å². The summed E-state index contributed by atoms with van der Waals surface area (Å²) in [5, 5.41) is 8.35. The van der Waals surface area contributed by atoms with Crippen LogP contribution in [0.3, 0.4) is 0 Å². The molecule has 0 amide bonds. The Bertz CT molecular complexity index is 1170. The summed E-state index contributed by atoms with van der Waals surface area (Å²) < 4.78 is 1.67. The topological polar surface area (TPSA) is 75.1 Å². The summed E-state index contributed by atoms with van der Waals surface area (Å²) in [5.41, 5.74) is 2.59. The number of halogens is 1. The van der Waals surface area contributed by atoms with Gasteiger partial charge in [-0.05, 0) is 50.3 Å². The predicted molar refractivity (Wildman–Crippen MR) is 122 cm³/mol. The van der Waals surface area contributed by atoms with Crippen molar-refractivity contribution in [3.8, 4) is 0 Å². The summed E-state index contributed by atoms with van der Waals surface area (Å²) in [4.78, 5) is 23.5. The lowest BCUT2D eigenvalue weighted by Gasteiger charge is -2.31. The van der Waals surface area contributed by atoms with Crippen molar-refractivity contribution in [1.82, 2.24) is 14.5 Å². The van der Waals surface area contributed by atoms with Gasteiger partial charge in [0.25, 0.3) is 5.56 Å². The quantitative estimate of drug-likeness (QED) is 0.619. The van der Waals surface area contributed by atoms with E-state index in [1.165, 1.54) is 12.8 Å². The number of nitrogens with one attached hydrogen (secondary N) is 2. The van der Waals surface area contributed by atoms with E-state index in [1.54, 1.807) is 23.9 Å². The Morgan fingerprint density at radius 3 is 2.73 bits per heavy atom.